The van der Waals surface area contributed by atoms with E-state index >= 15 is 0 Å². The molecule has 3 heterocycles. The van der Waals surface area contributed by atoms with Crippen molar-refractivity contribution >= 4 is 17.3 Å². The van der Waals surface area contributed by atoms with Crippen molar-refractivity contribution in [3.8, 4) is 22.9 Å². The SMILES string of the molecule is c1cncc(CNc2ccccc2-c2nc(Nc3ccc4c(c3)OCCO4)n[nH]2)c1. The molecular weight excluding hydrogens is 380 g/mol. The molecule has 1 aliphatic heterocycles. The molecule has 0 amide bonds. The summed E-state index contributed by atoms with van der Waals surface area (Å²) in [5, 5.41) is 14.0. The van der Waals surface area contributed by atoms with E-state index in [1.807, 2.05) is 60.8 Å². The molecule has 4 aromatic rings. The summed E-state index contributed by atoms with van der Waals surface area (Å²) in [7, 11) is 0. The third kappa shape index (κ3) is 3.88. The van der Waals surface area contributed by atoms with Gasteiger partial charge in [0, 0.05) is 41.9 Å². The van der Waals surface area contributed by atoms with E-state index in [0.717, 1.165) is 28.3 Å². The van der Waals surface area contributed by atoms with Gasteiger partial charge >= 0.3 is 0 Å². The van der Waals surface area contributed by atoms with Crippen molar-refractivity contribution in [3.63, 3.8) is 0 Å². The molecule has 0 radical (unpaired) electrons. The first-order valence-electron chi connectivity index (χ1n) is 9.66. The second kappa shape index (κ2) is 8.12. The van der Waals surface area contributed by atoms with Crippen LogP contribution in [0, 0.1) is 0 Å². The van der Waals surface area contributed by atoms with Gasteiger partial charge in [-0.1, -0.05) is 18.2 Å². The second-order valence-corrected chi connectivity index (χ2v) is 6.75. The number of H-pyrrole nitrogens is 1. The topological polar surface area (TPSA) is 97.0 Å². The molecule has 0 bridgehead atoms. The number of rotatable bonds is 6. The minimum atomic E-state index is 0.476. The van der Waals surface area contributed by atoms with E-state index in [9.17, 15) is 0 Å². The fourth-order valence-electron chi connectivity index (χ4n) is 3.23. The summed E-state index contributed by atoms with van der Waals surface area (Å²) in [4.78, 5) is 8.76. The molecule has 0 unspecified atom stereocenters. The van der Waals surface area contributed by atoms with Crippen molar-refractivity contribution in [2.75, 3.05) is 23.8 Å². The predicted molar refractivity (Wildman–Crippen MR) is 114 cm³/mol. The lowest BCUT2D eigenvalue weighted by Crippen LogP contribution is -2.15. The van der Waals surface area contributed by atoms with Crippen molar-refractivity contribution in [1.29, 1.82) is 0 Å². The van der Waals surface area contributed by atoms with E-state index in [-0.39, 0.29) is 0 Å². The van der Waals surface area contributed by atoms with Crippen molar-refractivity contribution in [1.82, 2.24) is 20.2 Å². The highest BCUT2D eigenvalue weighted by Gasteiger charge is 2.14. The molecule has 0 saturated heterocycles. The highest BCUT2D eigenvalue weighted by atomic mass is 16.6. The van der Waals surface area contributed by atoms with Gasteiger partial charge < -0.3 is 20.1 Å². The average molecular weight is 400 g/mol. The number of aromatic amines is 1. The van der Waals surface area contributed by atoms with Crippen molar-refractivity contribution < 1.29 is 9.47 Å². The van der Waals surface area contributed by atoms with Gasteiger partial charge in [-0.2, -0.15) is 4.98 Å². The van der Waals surface area contributed by atoms with E-state index < -0.39 is 0 Å². The Morgan fingerprint density at radius 2 is 1.87 bits per heavy atom. The van der Waals surface area contributed by atoms with Crippen LogP contribution in [0.25, 0.3) is 11.4 Å². The fraction of sp³-hybridized carbons (Fsp3) is 0.136. The van der Waals surface area contributed by atoms with Crippen LogP contribution in [0.3, 0.4) is 0 Å². The van der Waals surface area contributed by atoms with Gasteiger partial charge in [0.15, 0.2) is 17.3 Å². The van der Waals surface area contributed by atoms with Gasteiger partial charge in [-0.25, -0.2) is 0 Å². The van der Waals surface area contributed by atoms with Gasteiger partial charge in [-0.05, 0) is 35.9 Å². The molecule has 8 heteroatoms. The Balaban J connectivity index is 1.33. The van der Waals surface area contributed by atoms with Gasteiger partial charge in [-0.15, -0.1) is 5.10 Å². The molecule has 8 nitrogen and oxygen atoms in total. The van der Waals surface area contributed by atoms with E-state index in [0.29, 0.717) is 37.3 Å². The lowest BCUT2D eigenvalue weighted by Gasteiger charge is -2.18. The van der Waals surface area contributed by atoms with Crippen LogP contribution in [0.2, 0.25) is 0 Å². The van der Waals surface area contributed by atoms with Crippen LogP contribution >= 0.6 is 0 Å². The first kappa shape index (κ1) is 18.0. The van der Waals surface area contributed by atoms with Crippen LogP contribution in [0.5, 0.6) is 11.5 Å². The Morgan fingerprint density at radius 1 is 0.967 bits per heavy atom. The third-order valence-electron chi connectivity index (χ3n) is 4.67. The molecule has 3 N–H and O–H groups in total. The van der Waals surface area contributed by atoms with Crippen molar-refractivity contribution in [3.05, 3.63) is 72.6 Å². The van der Waals surface area contributed by atoms with E-state index in [2.05, 4.69) is 30.8 Å². The number of fused-ring (bicyclic) bond motifs is 1. The maximum Gasteiger partial charge on any atom is 0.246 e. The first-order valence-corrected chi connectivity index (χ1v) is 9.66. The quantitative estimate of drug-likeness (QED) is 0.450. The summed E-state index contributed by atoms with van der Waals surface area (Å²) in [5.74, 6) is 2.61. The number of hydrogen-bond donors (Lipinski definition) is 3. The zero-order valence-electron chi connectivity index (χ0n) is 16.1. The number of ether oxygens (including phenoxy) is 2. The smallest absolute Gasteiger partial charge is 0.246 e. The molecule has 0 spiro atoms. The molecular formula is C22H20N6O2. The summed E-state index contributed by atoms with van der Waals surface area (Å²) in [6.07, 6.45) is 3.61. The molecule has 5 rings (SSSR count). The van der Waals surface area contributed by atoms with E-state index in [1.165, 1.54) is 0 Å². The summed E-state index contributed by atoms with van der Waals surface area (Å²) in [6, 6.07) is 17.6. The van der Waals surface area contributed by atoms with Gasteiger partial charge in [-0.3, -0.25) is 10.1 Å². The minimum absolute atomic E-state index is 0.476. The Hall–Kier alpha value is -4.07. The van der Waals surface area contributed by atoms with Crippen LogP contribution in [-0.2, 0) is 6.54 Å². The molecule has 30 heavy (non-hydrogen) atoms. The second-order valence-electron chi connectivity index (χ2n) is 6.75. The summed E-state index contributed by atoms with van der Waals surface area (Å²) in [5.41, 5.74) is 3.83. The molecule has 2 aromatic heterocycles. The molecule has 2 aromatic carbocycles. The lowest BCUT2D eigenvalue weighted by molar-refractivity contribution is 0.171. The number of nitrogens with zero attached hydrogens (tertiary/aromatic N) is 3. The summed E-state index contributed by atoms with van der Waals surface area (Å²) < 4.78 is 11.2. The molecule has 1 aliphatic rings. The summed E-state index contributed by atoms with van der Waals surface area (Å²) in [6.45, 7) is 1.78. The number of aromatic nitrogens is 4. The van der Waals surface area contributed by atoms with Crippen molar-refractivity contribution in [2.45, 2.75) is 6.54 Å². The first-order chi connectivity index (χ1) is 14.8. The van der Waals surface area contributed by atoms with E-state index in [4.69, 9.17) is 9.47 Å². The highest BCUT2D eigenvalue weighted by molar-refractivity contribution is 5.74. The van der Waals surface area contributed by atoms with Crippen LogP contribution in [0.1, 0.15) is 5.56 Å². The lowest BCUT2D eigenvalue weighted by atomic mass is 10.1. The van der Waals surface area contributed by atoms with Crippen LogP contribution in [0.15, 0.2) is 67.0 Å². The maximum atomic E-state index is 5.63. The maximum absolute atomic E-state index is 5.63. The number of pyridine rings is 1. The third-order valence-corrected chi connectivity index (χ3v) is 4.67. The number of para-hydroxylation sites is 1. The van der Waals surface area contributed by atoms with Crippen LogP contribution in [-0.4, -0.2) is 33.4 Å². The van der Waals surface area contributed by atoms with Crippen LogP contribution in [0.4, 0.5) is 17.3 Å². The number of hydrogen-bond acceptors (Lipinski definition) is 7. The fourth-order valence-corrected chi connectivity index (χ4v) is 3.23. The average Bonchev–Trinajstić information content (AvgIpc) is 3.27. The van der Waals surface area contributed by atoms with Gasteiger partial charge in [0.05, 0.1) is 0 Å². The molecule has 0 aliphatic carbocycles. The van der Waals surface area contributed by atoms with Gasteiger partial charge in [0.2, 0.25) is 5.95 Å². The van der Waals surface area contributed by atoms with Gasteiger partial charge in [0.25, 0.3) is 0 Å². The van der Waals surface area contributed by atoms with E-state index in [1.54, 1.807) is 6.20 Å². The minimum Gasteiger partial charge on any atom is -0.486 e. The number of benzene rings is 2. The van der Waals surface area contributed by atoms with Crippen LogP contribution < -0.4 is 20.1 Å². The predicted octanol–water partition coefficient (Wildman–Crippen LogP) is 3.99. The highest BCUT2D eigenvalue weighted by Crippen LogP contribution is 2.33. The Labute approximate surface area is 173 Å². The molecule has 0 fully saturated rings. The Morgan fingerprint density at radius 3 is 2.77 bits per heavy atom. The molecule has 0 atom stereocenters. The normalized spacial score (nSPS) is 12.4. The standard InChI is InChI=1S/C22H20N6O2/c1-2-6-18(24-14-15-4-3-9-23-13-15)17(5-1)21-26-22(28-27-21)25-16-7-8-19-20(12-16)30-11-10-29-19/h1-9,12-13,24H,10-11,14H2,(H2,25,26,27,28). The molecule has 0 saturated carbocycles. The zero-order chi connectivity index (χ0) is 20.2. The largest absolute Gasteiger partial charge is 0.486 e. The molecule has 150 valence electrons. The summed E-state index contributed by atoms with van der Waals surface area (Å²) >= 11 is 0. The Bertz CT molecular complexity index is 1150. The van der Waals surface area contributed by atoms with Crippen molar-refractivity contribution in [2.24, 2.45) is 0 Å². The van der Waals surface area contributed by atoms with Gasteiger partial charge in [0.1, 0.15) is 13.2 Å². The number of nitrogens with one attached hydrogen (secondary N) is 3. The number of anilines is 3. The Kier molecular flexibility index (Phi) is 4.87. The zero-order valence-corrected chi connectivity index (χ0v) is 16.1. The monoisotopic (exact) mass is 400 g/mol.